The predicted octanol–water partition coefficient (Wildman–Crippen LogP) is 3.75. The molecule has 1 atom stereocenters. The highest BCUT2D eigenvalue weighted by molar-refractivity contribution is 7.15. The second kappa shape index (κ2) is 7.23. The highest BCUT2D eigenvalue weighted by Crippen LogP contribution is 2.39. The molecule has 27 heavy (non-hydrogen) atoms. The van der Waals surface area contributed by atoms with Gasteiger partial charge in [0.2, 0.25) is 0 Å². The summed E-state index contributed by atoms with van der Waals surface area (Å²) in [4.78, 5) is 10.4. The first-order valence-corrected chi connectivity index (χ1v) is 10.2. The van der Waals surface area contributed by atoms with Crippen LogP contribution in [0.25, 0.3) is 4.96 Å². The quantitative estimate of drug-likeness (QED) is 0.532. The minimum Gasteiger partial charge on any atom is -0.487 e. The Kier molecular flexibility index (Phi) is 4.78. The van der Waals surface area contributed by atoms with E-state index in [1.807, 2.05) is 34.3 Å². The van der Waals surface area contributed by atoms with Crippen LogP contribution in [-0.4, -0.2) is 27.5 Å². The molecule has 1 aromatic carbocycles. The first-order valence-electron chi connectivity index (χ1n) is 9.28. The fourth-order valence-corrected chi connectivity index (χ4v) is 4.15. The van der Waals surface area contributed by atoms with Crippen LogP contribution in [0.15, 0.2) is 47.0 Å². The number of fused-ring (bicyclic) bond motifs is 2. The lowest BCUT2D eigenvalue weighted by Crippen LogP contribution is -2.45. The molecule has 2 N–H and O–H groups in total. The lowest BCUT2D eigenvalue weighted by atomic mass is 9.90. The standard InChI is InChI=1S/C20H25N5OS/c1-4-21-18(22-12-14-13-25-9-10-27-19(25)23-14)24-16-11-20(2,3)26-17-8-6-5-7-15(16)17/h5-10,13,16H,4,11-12H2,1-3H3,(H2,21,22,24). The Hall–Kier alpha value is -2.54. The fourth-order valence-electron chi connectivity index (χ4n) is 3.43. The Morgan fingerprint density at radius 2 is 2.26 bits per heavy atom. The number of aliphatic imine (C=N–C) groups is 1. The van der Waals surface area contributed by atoms with E-state index in [0.29, 0.717) is 6.54 Å². The smallest absolute Gasteiger partial charge is 0.193 e. The van der Waals surface area contributed by atoms with Crippen molar-refractivity contribution in [3.8, 4) is 5.75 Å². The number of imidazole rings is 1. The van der Waals surface area contributed by atoms with Crippen molar-refractivity contribution in [3.05, 3.63) is 53.3 Å². The second-order valence-electron chi connectivity index (χ2n) is 7.32. The van der Waals surface area contributed by atoms with Crippen LogP contribution in [0.2, 0.25) is 0 Å². The molecule has 0 saturated carbocycles. The SMILES string of the molecule is CCNC(=NCc1cn2ccsc2n1)NC1CC(C)(C)Oc2ccccc21. The summed E-state index contributed by atoms with van der Waals surface area (Å²) in [5.74, 6) is 1.74. The third-order valence-corrected chi connectivity index (χ3v) is 5.34. The maximum absolute atomic E-state index is 6.13. The first-order chi connectivity index (χ1) is 13.0. The van der Waals surface area contributed by atoms with Gasteiger partial charge in [0.15, 0.2) is 10.9 Å². The molecule has 0 spiro atoms. The highest BCUT2D eigenvalue weighted by Gasteiger charge is 2.33. The van der Waals surface area contributed by atoms with Crippen LogP contribution in [-0.2, 0) is 6.54 Å². The van der Waals surface area contributed by atoms with Crippen LogP contribution in [0.1, 0.15) is 44.5 Å². The van der Waals surface area contributed by atoms with Crippen LogP contribution in [0, 0.1) is 0 Å². The van der Waals surface area contributed by atoms with E-state index in [0.717, 1.165) is 35.3 Å². The Labute approximate surface area is 163 Å². The summed E-state index contributed by atoms with van der Waals surface area (Å²) < 4.78 is 8.17. The number of rotatable bonds is 4. The van der Waals surface area contributed by atoms with E-state index in [1.54, 1.807) is 11.3 Å². The molecule has 4 rings (SSSR count). The van der Waals surface area contributed by atoms with Gasteiger partial charge in [-0.05, 0) is 26.8 Å². The summed E-state index contributed by atoms with van der Waals surface area (Å²) in [6.45, 7) is 7.67. The molecule has 0 amide bonds. The minimum atomic E-state index is -0.225. The molecule has 2 aromatic heterocycles. The molecule has 0 saturated heterocycles. The van der Waals surface area contributed by atoms with E-state index >= 15 is 0 Å². The van der Waals surface area contributed by atoms with E-state index in [2.05, 4.69) is 48.5 Å². The van der Waals surface area contributed by atoms with Crippen LogP contribution in [0.5, 0.6) is 5.75 Å². The van der Waals surface area contributed by atoms with Gasteiger partial charge in [0.25, 0.3) is 0 Å². The molecule has 1 aliphatic heterocycles. The monoisotopic (exact) mass is 383 g/mol. The van der Waals surface area contributed by atoms with Crippen molar-refractivity contribution >= 4 is 22.3 Å². The highest BCUT2D eigenvalue weighted by atomic mass is 32.1. The fraction of sp³-hybridized carbons (Fsp3) is 0.400. The van der Waals surface area contributed by atoms with Crippen molar-refractivity contribution in [3.63, 3.8) is 0 Å². The van der Waals surface area contributed by atoms with E-state index in [9.17, 15) is 0 Å². The topological polar surface area (TPSA) is 63.0 Å². The summed E-state index contributed by atoms with van der Waals surface area (Å²) in [5, 5.41) is 8.98. The Morgan fingerprint density at radius 3 is 3.07 bits per heavy atom. The van der Waals surface area contributed by atoms with Crippen molar-refractivity contribution in [2.24, 2.45) is 4.99 Å². The molecular weight excluding hydrogens is 358 g/mol. The molecule has 7 heteroatoms. The molecule has 0 aliphatic carbocycles. The lowest BCUT2D eigenvalue weighted by Gasteiger charge is -2.38. The van der Waals surface area contributed by atoms with Crippen molar-refractivity contribution in [2.45, 2.75) is 45.4 Å². The molecule has 0 radical (unpaired) electrons. The number of para-hydroxylation sites is 1. The van der Waals surface area contributed by atoms with Crippen molar-refractivity contribution < 1.29 is 4.74 Å². The summed E-state index contributed by atoms with van der Waals surface area (Å²) in [6, 6.07) is 8.37. The number of guanidine groups is 1. The number of hydrogen-bond donors (Lipinski definition) is 2. The summed E-state index contributed by atoms with van der Waals surface area (Å²) in [6.07, 6.45) is 4.92. The number of nitrogens with one attached hydrogen (secondary N) is 2. The summed E-state index contributed by atoms with van der Waals surface area (Å²) in [5.41, 5.74) is 1.91. The number of benzene rings is 1. The third-order valence-electron chi connectivity index (χ3n) is 4.57. The van der Waals surface area contributed by atoms with Crippen molar-refractivity contribution in [1.29, 1.82) is 0 Å². The Morgan fingerprint density at radius 1 is 1.41 bits per heavy atom. The van der Waals surface area contributed by atoms with Crippen LogP contribution in [0.4, 0.5) is 0 Å². The molecule has 3 heterocycles. The number of thiazole rings is 1. The zero-order chi connectivity index (χ0) is 18.9. The van der Waals surface area contributed by atoms with Crippen molar-refractivity contribution in [1.82, 2.24) is 20.0 Å². The van der Waals surface area contributed by atoms with Gasteiger partial charge in [0.1, 0.15) is 11.4 Å². The maximum Gasteiger partial charge on any atom is 0.193 e. The zero-order valence-corrected chi connectivity index (χ0v) is 16.7. The van der Waals surface area contributed by atoms with E-state index in [-0.39, 0.29) is 11.6 Å². The van der Waals surface area contributed by atoms with E-state index in [4.69, 9.17) is 9.73 Å². The number of hydrogen-bond acceptors (Lipinski definition) is 4. The molecular formula is C20H25N5OS. The van der Waals surface area contributed by atoms with Gasteiger partial charge in [-0.3, -0.25) is 4.40 Å². The minimum absolute atomic E-state index is 0.147. The molecule has 3 aromatic rings. The number of ether oxygens (including phenoxy) is 1. The molecule has 6 nitrogen and oxygen atoms in total. The van der Waals surface area contributed by atoms with Gasteiger partial charge >= 0.3 is 0 Å². The summed E-state index contributed by atoms with van der Waals surface area (Å²) >= 11 is 1.63. The largest absolute Gasteiger partial charge is 0.487 e. The van der Waals surface area contributed by atoms with Gasteiger partial charge in [-0.25, -0.2) is 9.98 Å². The van der Waals surface area contributed by atoms with Gasteiger partial charge in [0.05, 0.1) is 18.3 Å². The van der Waals surface area contributed by atoms with Gasteiger partial charge in [-0.2, -0.15) is 0 Å². The normalized spacial score (nSPS) is 18.8. The molecule has 0 fully saturated rings. The van der Waals surface area contributed by atoms with Gasteiger partial charge < -0.3 is 15.4 Å². The Bertz CT molecular complexity index is 930. The molecule has 142 valence electrons. The van der Waals surface area contributed by atoms with Crippen molar-refractivity contribution in [2.75, 3.05) is 6.54 Å². The van der Waals surface area contributed by atoms with Crippen LogP contribution < -0.4 is 15.4 Å². The van der Waals surface area contributed by atoms with Crippen LogP contribution >= 0.6 is 11.3 Å². The zero-order valence-electron chi connectivity index (χ0n) is 15.9. The average Bonchev–Trinajstić information content (AvgIpc) is 3.20. The predicted molar refractivity (Wildman–Crippen MR) is 110 cm³/mol. The molecule has 0 bridgehead atoms. The van der Waals surface area contributed by atoms with Gasteiger partial charge in [-0.1, -0.05) is 18.2 Å². The van der Waals surface area contributed by atoms with Gasteiger partial charge in [-0.15, -0.1) is 11.3 Å². The lowest BCUT2D eigenvalue weighted by molar-refractivity contribution is 0.0694. The summed E-state index contributed by atoms with van der Waals surface area (Å²) in [7, 11) is 0. The van der Waals surface area contributed by atoms with E-state index in [1.165, 1.54) is 5.56 Å². The van der Waals surface area contributed by atoms with E-state index < -0.39 is 0 Å². The molecule has 1 aliphatic rings. The number of nitrogens with zero attached hydrogens (tertiary/aromatic N) is 3. The third kappa shape index (κ3) is 3.93. The average molecular weight is 384 g/mol. The second-order valence-corrected chi connectivity index (χ2v) is 8.19. The molecule has 1 unspecified atom stereocenters. The van der Waals surface area contributed by atoms with Crippen LogP contribution in [0.3, 0.4) is 0 Å². The van der Waals surface area contributed by atoms with Gasteiger partial charge in [0, 0.05) is 36.3 Å². The maximum atomic E-state index is 6.13. The number of aromatic nitrogens is 2. The first kappa shape index (κ1) is 17.9. The Balaban J connectivity index is 1.54.